The van der Waals surface area contributed by atoms with Crippen molar-refractivity contribution in [1.82, 2.24) is 10.2 Å². The van der Waals surface area contributed by atoms with Gasteiger partial charge in [-0.05, 0) is 0 Å². The van der Waals surface area contributed by atoms with Crippen LogP contribution >= 0.6 is 11.6 Å². The molecule has 0 amide bonds. The van der Waals surface area contributed by atoms with Crippen LogP contribution in [0.15, 0.2) is 11.0 Å². The van der Waals surface area contributed by atoms with Crippen molar-refractivity contribution in [3.05, 3.63) is 21.4 Å². The van der Waals surface area contributed by atoms with Gasteiger partial charge in [-0.2, -0.15) is 0 Å². The number of halogens is 1. The normalized spacial score (nSPS) is 9.40. The third-order valence-corrected chi connectivity index (χ3v) is 1.24. The first kappa shape index (κ1) is 7.08. The summed E-state index contributed by atoms with van der Waals surface area (Å²) in [5.41, 5.74) is -0.400. The van der Waals surface area contributed by atoms with Gasteiger partial charge >= 0.3 is 0 Å². The van der Waals surface area contributed by atoms with E-state index in [9.17, 15) is 4.79 Å². The van der Waals surface area contributed by atoms with Crippen molar-refractivity contribution < 1.29 is 4.74 Å². The summed E-state index contributed by atoms with van der Waals surface area (Å²) in [6, 6.07) is 0. The molecule has 1 rings (SSSR count). The molecular weight excluding hydrogens is 156 g/mol. The standard InChI is InChI=1S/C5H5ClN2O2/c1-10-5-4(9)3(6)2-7-8-5/h2H,1H3,(H,7,9). The van der Waals surface area contributed by atoms with Crippen LogP contribution in [0, 0.1) is 0 Å². The second-order valence-corrected chi connectivity index (χ2v) is 1.98. The van der Waals surface area contributed by atoms with Gasteiger partial charge in [0.05, 0.1) is 7.11 Å². The number of hydrogen-bond donors (Lipinski definition) is 1. The Balaban J connectivity index is 3.28. The number of aromatic amines is 1. The van der Waals surface area contributed by atoms with Crippen LogP contribution in [0.1, 0.15) is 0 Å². The van der Waals surface area contributed by atoms with Crippen LogP contribution in [0.25, 0.3) is 0 Å². The van der Waals surface area contributed by atoms with Gasteiger partial charge in [-0.15, -0.1) is 5.10 Å². The molecule has 4 nitrogen and oxygen atoms in total. The Labute approximate surface area is 61.8 Å². The SMILES string of the molecule is COc1n[nH]cc(Cl)c1=O. The third kappa shape index (κ3) is 1.11. The lowest BCUT2D eigenvalue weighted by molar-refractivity contribution is 0.387. The smallest absolute Gasteiger partial charge is 0.280 e. The highest BCUT2D eigenvalue weighted by Crippen LogP contribution is 2.01. The van der Waals surface area contributed by atoms with Crippen molar-refractivity contribution in [2.75, 3.05) is 7.11 Å². The molecule has 0 aliphatic carbocycles. The Bertz CT molecular complexity index is 283. The number of nitrogens with one attached hydrogen (secondary N) is 1. The number of rotatable bonds is 1. The molecule has 54 valence electrons. The average molecular weight is 161 g/mol. The molecule has 0 saturated heterocycles. The van der Waals surface area contributed by atoms with E-state index in [4.69, 9.17) is 11.6 Å². The van der Waals surface area contributed by atoms with Crippen molar-refractivity contribution in [2.24, 2.45) is 0 Å². The van der Waals surface area contributed by atoms with Crippen molar-refractivity contribution in [3.63, 3.8) is 0 Å². The van der Waals surface area contributed by atoms with E-state index in [0.717, 1.165) is 0 Å². The molecule has 0 unspecified atom stereocenters. The summed E-state index contributed by atoms with van der Waals surface area (Å²) in [4.78, 5) is 10.9. The molecule has 0 aliphatic rings. The Hall–Kier alpha value is -1.03. The van der Waals surface area contributed by atoms with E-state index in [2.05, 4.69) is 14.9 Å². The molecular formula is C5H5ClN2O2. The van der Waals surface area contributed by atoms with E-state index in [1.807, 2.05) is 0 Å². The first-order valence-electron chi connectivity index (χ1n) is 2.53. The fourth-order valence-corrected chi connectivity index (χ4v) is 0.634. The zero-order chi connectivity index (χ0) is 7.56. The maximum absolute atomic E-state index is 10.9. The van der Waals surface area contributed by atoms with E-state index < -0.39 is 5.43 Å². The second-order valence-electron chi connectivity index (χ2n) is 1.57. The van der Waals surface area contributed by atoms with Crippen molar-refractivity contribution >= 4 is 11.6 Å². The number of nitrogens with zero attached hydrogens (tertiary/aromatic N) is 1. The lowest BCUT2D eigenvalue weighted by Gasteiger charge is -1.94. The molecule has 10 heavy (non-hydrogen) atoms. The summed E-state index contributed by atoms with van der Waals surface area (Å²) in [6.07, 6.45) is 1.30. The van der Waals surface area contributed by atoms with Crippen molar-refractivity contribution in [3.8, 4) is 5.88 Å². The molecule has 1 heterocycles. The fraction of sp³-hybridized carbons (Fsp3) is 0.200. The summed E-state index contributed by atoms with van der Waals surface area (Å²) in [6.45, 7) is 0. The van der Waals surface area contributed by atoms with Crippen LogP contribution in [0.3, 0.4) is 0 Å². The van der Waals surface area contributed by atoms with E-state index in [0.29, 0.717) is 0 Å². The van der Waals surface area contributed by atoms with Gasteiger partial charge < -0.3 is 4.74 Å². The molecule has 0 bridgehead atoms. The molecule has 0 spiro atoms. The van der Waals surface area contributed by atoms with Gasteiger partial charge in [-0.25, -0.2) is 0 Å². The third-order valence-electron chi connectivity index (χ3n) is 0.962. The summed E-state index contributed by atoms with van der Waals surface area (Å²) in [5, 5.41) is 6.00. The minimum atomic E-state index is -0.400. The van der Waals surface area contributed by atoms with Crippen molar-refractivity contribution in [1.29, 1.82) is 0 Å². The number of methoxy groups -OCH3 is 1. The molecule has 5 heteroatoms. The van der Waals surface area contributed by atoms with Gasteiger partial charge in [0.1, 0.15) is 5.02 Å². The lowest BCUT2D eigenvalue weighted by atomic mass is 10.5. The van der Waals surface area contributed by atoms with Crippen LogP contribution in [-0.2, 0) is 0 Å². The van der Waals surface area contributed by atoms with E-state index in [1.54, 1.807) is 0 Å². The predicted molar refractivity (Wildman–Crippen MR) is 36.4 cm³/mol. The summed E-state index contributed by atoms with van der Waals surface area (Å²) < 4.78 is 4.59. The highest BCUT2D eigenvalue weighted by Gasteiger charge is 2.02. The largest absolute Gasteiger partial charge is 0.477 e. The second kappa shape index (κ2) is 2.70. The number of hydrogen-bond acceptors (Lipinski definition) is 3. The fourth-order valence-electron chi connectivity index (χ4n) is 0.504. The van der Waals surface area contributed by atoms with Gasteiger partial charge in [0.2, 0.25) is 0 Å². The Kier molecular flexibility index (Phi) is 1.91. The lowest BCUT2D eigenvalue weighted by Crippen LogP contribution is -2.08. The number of aromatic nitrogens is 2. The highest BCUT2D eigenvalue weighted by atomic mass is 35.5. The highest BCUT2D eigenvalue weighted by molar-refractivity contribution is 6.30. The average Bonchev–Trinajstić information content (AvgIpc) is 1.95. The number of H-pyrrole nitrogens is 1. The minimum absolute atomic E-state index is 0.0208. The van der Waals surface area contributed by atoms with Crippen LogP contribution in [-0.4, -0.2) is 17.3 Å². The quantitative estimate of drug-likeness (QED) is 0.648. The van der Waals surface area contributed by atoms with E-state index in [-0.39, 0.29) is 10.9 Å². The predicted octanol–water partition coefficient (Wildman–Crippen LogP) is 0.432. The van der Waals surface area contributed by atoms with Gasteiger partial charge in [0.25, 0.3) is 11.3 Å². The molecule has 0 aromatic carbocycles. The van der Waals surface area contributed by atoms with Crippen LogP contribution in [0.2, 0.25) is 5.02 Å². The van der Waals surface area contributed by atoms with Gasteiger partial charge in [-0.3, -0.25) is 9.89 Å². The van der Waals surface area contributed by atoms with Crippen LogP contribution in [0.4, 0.5) is 0 Å². The summed E-state index contributed by atoms with van der Waals surface area (Å²) >= 11 is 5.43. The molecule has 1 N–H and O–H groups in total. The van der Waals surface area contributed by atoms with E-state index in [1.165, 1.54) is 13.3 Å². The molecule has 1 aromatic rings. The topological polar surface area (TPSA) is 55.0 Å². The van der Waals surface area contributed by atoms with E-state index >= 15 is 0 Å². The monoisotopic (exact) mass is 160 g/mol. The van der Waals surface area contributed by atoms with Gasteiger partial charge in [0.15, 0.2) is 0 Å². The maximum atomic E-state index is 10.9. The first-order chi connectivity index (χ1) is 4.75. The molecule has 0 aliphatic heterocycles. The van der Waals surface area contributed by atoms with Gasteiger partial charge in [-0.1, -0.05) is 11.6 Å². The van der Waals surface area contributed by atoms with Crippen molar-refractivity contribution in [2.45, 2.75) is 0 Å². The summed E-state index contributed by atoms with van der Waals surface area (Å²) in [7, 11) is 1.36. The zero-order valence-corrected chi connectivity index (χ0v) is 5.97. The molecule has 0 saturated carbocycles. The zero-order valence-electron chi connectivity index (χ0n) is 5.22. The maximum Gasteiger partial charge on any atom is 0.280 e. The molecule has 0 fully saturated rings. The molecule has 0 atom stereocenters. The minimum Gasteiger partial charge on any atom is -0.477 e. The Morgan fingerprint density at radius 3 is 3.00 bits per heavy atom. The molecule has 1 aromatic heterocycles. The Morgan fingerprint density at radius 2 is 2.50 bits per heavy atom. The summed E-state index contributed by atoms with van der Waals surface area (Å²) in [5.74, 6) is -0.0208. The number of ether oxygens (including phenoxy) is 1. The first-order valence-corrected chi connectivity index (χ1v) is 2.91. The van der Waals surface area contributed by atoms with Crippen LogP contribution in [0.5, 0.6) is 5.88 Å². The van der Waals surface area contributed by atoms with Crippen LogP contribution < -0.4 is 10.2 Å². The Morgan fingerprint density at radius 1 is 1.80 bits per heavy atom. The van der Waals surface area contributed by atoms with Gasteiger partial charge in [0, 0.05) is 6.20 Å². The molecule has 0 radical (unpaired) electrons.